The lowest BCUT2D eigenvalue weighted by Gasteiger charge is -2.02. The molecule has 0 radical (unpaired) electrons. The van der Waals surface area contributed by atoms with Gasteiger partial charge < -0.3 is 0 Å². The van der Waals surface area contributed by atoms with Crippen molar-refractivity contribution >= 4 is 15.9 Å². The highest BCUT2D eigenvalue weighted by atomic mass is 79.9. The van der Waals surface area contributed by atoms with E-state index in [2.05, 4.69) is 35.8 Å². The van der Waals surface area contributed by atoms with Crippen LogP contribution in [-0.2, 0) is 0 Å². The van der Waals surface area contributed by atoms with Gasteiger partial charge in [-0.2, -0.15) is 5.26 Å². The maximum atomic E-state index is 8.74. The van der Waals surface area contributed by atoms with Crippen LogP contribution in [0.5, 0.6) is 0 Å². The van der Waals surface area contributed by atoms with Crippen molar-refractivity contribution in [3.63, 3.8) is 0 Å². The molecule has 1 rings (SSSR count). The second-order valence-electron chi connectivity index (χ2n) is 3.18. The molecule has 2 heteroatoms. The number of benzene rings is 1. The van der Waals surface area contributed by atoms with E-state index in [0.29, 0.717) is 0 Å². The van der Waals surface area contributed by atoms with E-state index >= 15 is 0 Å². The van der Waals surface area contributed by atoms with Crippen LogP contribution in [0.3, 0.4) is 0 Å². The third kappa shape index (κ3) is 3.51. The van der Waals surface area contributed by atoms with E-state index in [1.807, 2.05) is 26.0 Å². The summed E-state index contributed by atoms with van der Waals surface area (Å²) in [4.78, 5) is 0. The van der Waals surface area contributed by atoms with Crippen molar-refractivity contribution in [1.29, 1.82) is 5.26 Å². The SMILES string of the molecule is CCC.Cc1ccc(Br)c(C#N)c1C. The summed E-state index contributed by atoms with van der Waals surface area (Å²) in [6.07, 6.45) is 1.25. The summed E-state index contributed by atoms with van der Waals surface area (Å²) in [5, 5.41) is 8.74. The Hall–Kier alpha value is -0.810. The molecular weight excluding hydrogens is 238 g/mol. The molecule has 0 atom stereocenters. The van der Waals surface area contributed by atoms with Crippen molar-refractivity contribution in [2.45, 2.75) is 34.1 Å². The molecule has 0 unspecified atom stereocenters. The zero-order chi connectivity index (χ0) is 11.1. The number of hydrogen-bond donors (Lipinski definition) is 0. The molecule has 0 aromatic heterocycles. The maximum Gasteiger partial charge on any atom is 0.101 e. The summed E-state index contributed by atoms with van der Waals surface area (Å²) in [5.41, 5.74) is 2.96. The van der Waals surface area contributed by atoms with Gasteiger partial charge in [-0.05, 0) is 47.0 Å². The smallest absolute Gasteiger partial charge is 0.101 e. The molecule has 76 valence electrons. The largest absolute Gasteiger partial charge is 0.192 e. The summed E-state index contributed by atoms with van der Waals surface area (Å²) in [7, 11) is 0. The summed E-state index contributed by atoms with van der Waals surface area (Å²) >= 11 is 3.32. The first kappa shape index (κ1) is 13.2. The monoisotopic (exact) mass is 253 g/mol. The Morgan fingerprint density at radius 1 is 1.29 bits per heavy atom. The average molecular weight is 254 g/mol. The van der Waals surface area contributed by atoms with Gasteiger partial charge in [0.05, 0.1) is 5.56 Å². The first-order valence-corrected chi connectivity index (χ1v) is 5.53. The Morgan fingerprint density at radius 2 is 1.79 bits per heavy atom. The lowest BCUT2D eigenvalue weighted by molar-refractivity contribution is 1.09. The molecule has 0 aliphatic rings. The predicted octanol–water partition coefficient (Wildman–Crippen LogP) is 4.35. The second kappa shape index (κ2) is 6.62. The highest BCUT2D eigenvalue weighted by Crippen LogP contribution is 2.21. The van der Waals surface area contributed by atoms with E-state index in [-0.39, 0.29) is 0 Å². The van der Waals surface area contributed by atoms with Crippen molar-refractivity contribution in [1.82, 2.24) is 0 Å². The second-order valence-corrected chi connectivity index (χ2v) is 4.04. The molecule has 0 bridgehead atoms. The van der Waals surface area contributed by atoms with Crippen molar-refractivity contribution < 1.29 is 0 Å². The predicted molar refractivity (Wildman–Crippen MR) is 64.3 cm³/mol. The van der Waals surface area contributed by atoms with Crippen molar-refractivity contribution in [3.05, 3.63) is 33.3 Å². The van der Waals surface area contributed by atoms with Gasteiger partial charge in [0.1, 0.15) is 6.07 Å². The number of rotatable bonds is 0. The molecule has 0 amide bonds. The van der Waals surface area contributed by atoms with E-state index in [1.54, 1.807) is 0 Å². The van der Waals surface area contributed by atoms with Crippen LogP contribution in [0, 0.1) is 25.2 Å². The van der Waals surface area contributed by atoms with Gasteiger partial charge >= 0.3 is 0 Å². The fourth-order valence-corrected chi connectivity index (χ4v) is 1.44. The van der Waals surface area contributed by atoms with Crippen molar-refractivity contribution in [2.75, 3.05) is 0 Å². The van der Waals surface area contributed by atoms with Gasteiger partial charge in [0.15, 0.2) is 0 Å². The minimum atomic E-state index is 0.741. The van der Waals surface area contributed by atoms with Crippen LogP contribution in [0.15, 0.2) is 16.6 Å². The minimum absolute atomic E-state index is 0.741. The highest BCUT2D eigenvalue weighted by molar-refractivity contribution is 9.10. The Kier molecular flexibility index (Phi) is 6.23. The minimum Gasteiger partial charge on any atom is -0.192 e. The third-order valence-corrected chi connectivity index (χ3v) is 2.46. The van der Waals surface area contributed by atoms with Crippen molar-refractivity contribution in [2.24, 2.45) is 0 Å². The first-order valence-electron chi connectivity index (χ1n) is 4.74. The van der Waals surface area contributed by atoms with Gasteiger partial charge in [-0.1, -0.05) is 26.3 Å². The van der Waals surface area contributed by atoms with Gasteiger partial charge in [-0.25, -0.2) is 0 Å². The van der Waals surface area contributed by atoms with Crippen LogP contribution in [0.2, 0.25) is 0 Å². The summed E-state index contributed by atoms with van der Waals surface area (Å²) < 4.78 is 0.878. The zero-order valence-corrected chi connectivity index (χ0v) is 10.8. The number of aryl methyl sites for hydroxylation is 1. The molecule has 1 aromatic rings. The van der Waals surface area contributed by atoms with Crippen LogP contribution in [0.25, 0.3) is 0 Å². The lowest BCUT2D eigenvalue weighted by atomic mass is 10.1. The van der Waals surface area contributed by atoms with E-state index in [9.17, 15) is 0 Å². The normalized spacial score (nSPS) is 8.57. The Morgan fingerprint density at radius 3 is 2.14 bits per heavy atom. The van der Waals surface area contributed by atoms with E-state index in [1.165, 1.54) is 6.42 Å². The van der Waals surface area contributed by atoms with E-state index < -0.39 is 0 Å². The average Bonchev–Trinajstić information content (AvgIpc) is 2.14. The molecule has 0 fully saturated rings. The molecule has 0 aliphatic carbocycles. The van der Waals surface area contributed by atoms with E-state index in [0.717, 1.165) is 21.2 Å². The van der Waals surface area contributed by atoms with Gasteiger partial charge in [0.25, 0.3) is 0 Å². The number of halogens is 1. The molecule has 14 heavy (non-hydrogen) atoms. The zero-order valence-electron chi connectivity index (χ0n) is 9.19. The summed E-state index contributed by atoms with van der Waals surface area (Å²) in [6.45, 7) is 8.21. The molecule has 0 heterocycles. The highest BCUT2D eigenvalue weighted by Gasteiger charge is 2.03. The topological polar surface area (TPSA) is 23.8 Å². The van der Waals surface area contributed by atoms with Crippen molar-refractivity contribution in [3.8, 4) is 6.07 Å². The van der Waals surface area contributed by atoms with Crippen LogP contribution in [0.4, 0.5) is 0 Å². The molecular formula is C12H16BrN. The van der Waals surface area contributed by atoms with Gasteiger partial charge in [0.2, 0.25) is 0 Å². The standard InChI is InChI=1S/C9H8BrN.C3H8/c1-6-3-4-9(10)8(5-11)7(6)2;1-3-2/h3-4H,1-2H3;3H2,1-2H3. The number of nitrogens with zero attached hydrogens (tertiary/aromatic N) is 1. The molecule has 1 nitrogen and oxygen atoms in total. The summed E-state index contributed by atoms with van der Waals surface area (Å²) in [6, 6.07) is 6.06. The van der Waals surface area contributed by atoms with Crippen LogP contribution in [-0.4, -0.2) is 0 Å². The lowest BCUT2D eigenvalue weighted by Crippen LogP contribution is -1.87. The third-order valence-electron chi connectivity index (χ3n) is 1.80. The molecule has 0 saturated carbocycles. The van der Waals surface area contributed by atoms with E-state index in [4.69, 9.17) is 5.26 Å². The Balaban J connectivity index is 0.000000500. The first-order chi connectivity index (χ1) is 6.58. The van der Waals surface area contributed by atoms with Crippen LogP contribution >= 0.6 is 15.9 Å². The Labute approximate surface area is 94.9 Å². The molecule has 0 N–H and O–H groups in total. The number of nitriles is 1. The molecule has 0 aliphatic heterocycles. The fraction of sp³-hybridized carbons (Fsp3) is 0.417. The van der Waals surface area contributed by atoms with Gasteiger partial charge in [-0.3, -0.25) is 0 Å². The fourth-order valence-electron chi connectivity index (χ4n) is 0.920. The quantitative estimate of drug-likeness (QED) is 0.675. The summed E-state index contributed by atoms with van der Waals surface area (Å²) in [5.74, 6) is 0. The van der Waals surface area contributed by atoms with Crippen LogP contribution < -0.4 is 0 Å². The van der Waals surface area contributed by atoms with Crippen LogP contribution in [0.1, 0.15) is 37.0 Å². The molecule has 0 spiro atoms. The van der Waals surface area contributed by atoms with Gasteiger partial charge in [-0.15, -0.1) is 0 Å². The number of hydrogen-bond acceptors (Lipinski definition) is 1. The maximum absolute atomic E-state index is 8.74. The van der Waals surface area contributed by atoms with Gasteiger partial charge in [0, 0.05) is 4.47 Å². The molecule has 0 saturated heterocycles. The molecule has 1 aromatic carbocycles. The Bertz CT molecular complexity index is 337.